The Morgan fingerprint density at radius 1 is 1.44 bits per heavy atom. The number of aromatic nitrogens is 2. The molecule has 84 valence electrons. The first-order chi connectivity index (χ1) is 7.69. The van der Waals surface area contributed by atoms with Crippen LogP contribution in [0.2, 0.25) is 0 Å². The van der Waals surface area contributed by atoms with Gasteiger partial charge in [-0.1, -0.05) is 5.10 Å². The van der Waals surface area contributed by atoms with Gasteiger partial charge in [0, 0.05) is 5.69 Å². The van der Waals surface area contributed by atoms with Gasteiger partial charge in [0.25, 0.3) is 0 Å². The van der Waals surface area contributed by atoms with Gasteiger partial charge in [-0.25, -0.2) is 4.39 Å². The summed E-state index contributed by atoms with van der Waals surface area (Å²) in [6, 6.07) is 4.75. The highest BCUT2D eigenvalue weighted by Crippen LogP contribution is 2.22. The molecular weight excluding hydrogens is 300 g/mol. The number of halogens is 3. The number of benzene rings is 1. The van der Waals surface area contributed by atoms with Crippen LogP contribution in [0.3, 0.4) is 0 Å². The number of anilines is 2. The number of hydrogen-bond acceptors (Lipinski definition) is 4. The highest BCUT2D eigenvalue weighted by atomic mass is 79.9. The molecule has 0 unspecified atom stereocenters. The van der Waals surface area contributed by atoms with Crippen LogP contribution in [0.1, 0.15) is 5.89 Å². The van der Waals surface area contributed by atoms with E-state index in [1.807, 2.05) is 0 Å². The molecule has 0 amide bonds. The maximum Gasteiger partial charge on any atom is 0.320 e. The molecule has 1 heterocycles. The van der Waals surface area contributed by atoms with Gasteiger partial charge in [0.05, 0.1) is 4.47 Å². The second-order valence-corrected chi connectivity index (χ2v) is 4.01. The fraction of sp³-hybridized carbons (Fsp3) is 0.111. The molecule has 0 saturated carbocycles. The van der Waals surface area contributed by atoms with Crippen molar-refractivity contribution in [3.05, 3.63) is 34.4 Å². The van der Waals surface area contributed by atoms with E-state index in [-0.39, 0.29) is 17.7 Å². The summed E-state index contributed by atoms with van der Waals surface area (Å²) in [4.78, 5) is 0. The number of hydrogen-bond donors (Lipinski definition) is 1. The molecule has 16 heavy (non-hydrogen) atoms. The molecule has 0 radical (unpaired) electrons. The normalized spacial score (nSPS) is 10.4. The van der Waals surface area contributed by atoms with Crippen molar-refractivity contribution >= 4 is 39.2 Å². The van der Waals surface area contributed by atoms with E-state index in [0.717, 1.165) is 0 Å². The summed E-state index contributed by atoms with van der Waals surface area (Å²) in [5.41, 5.74) is 0.519. The second-order valence-electron chi connectivity index (χ2n) is 2.89. The number of rotatable bonds is 3. The Labute approximate surface area is 104 Å². The van der Waals surface area contributed by atoms with Crippen molar-refractivity contribution in [2.45, 2.75) is 5.88 Å². The van der Waals surface area contributed by atoms with Crippen LogP contribution < -0.4 is 5.32 Å². The van der Waals surface area contributed by atoms with Gasteiger partial charge in [-0.05, 0) is 34.1 Å². The van der Waals surface area contributed by atoms with Crippen molar-refractivity contribution < 1.29 is 8.81 Å². The first-order valence-electron chi connectivity index (χ1n) is 4.29. The molecule has 2 rings (SSSR count). The van der Waals surface area contributed by atoms with Crippen LogP contribution in [-0.4, -0.2) is 10.2 Å². The lowest BCUT2D eigenvalue weighted by atomic mass is 10.3. The highest BCUT2D eigenvalue weighted by molar-refractivity contribution is 9.10. The summed E-state index contributed by atoms with van der Waals surface area (Å²) in [5.74, 6) is 0.0763. The molecule has 0 fully saturated rings. The summed E-state index contributed by atoms with van der Waals surface area (Å²) in [6.07, 6.45) is 0. The number of alkyl halides is 1. The van der Waals surface area contributed by atoms with Gasteiger partial charge < -0.3 is 9.73 Å². The predicted molar refractivity (Wildman–Crippen MR) is 61.2 cm³/mol. The van der Waals surface area contributed by atoms with Gasteiger partial charge >= 0.3 is 6.01 Å². The van der Waals surface area contributed by atoms with Gasteiger partial charge in [0.2, 0.25) is 5.89 Å². The van der Waals surface area contributed by atoms with E-state index in [9.17, 15) is 4.39 Å². The lowest BCUT2D eigenvalue weighted by Gasteiger charge is -2.01. The number of nitrogens with zero attached hydrogens (tertiary/aromatic N) is 2. The Morgan fingerprint density at radius 3 is 2.88 bits per heavy atom. The van der Waals surface area contributed by atoms with E-state index in [1.54, 1.807) is 12.1 Å². The van der Waals surface area contributed by atoms with Gasteiger partial charge in [-0.2, -0.15) is 0 Å². The van der Waals surface area contributed by atoms with E-state index in [4.69, 9.17) is 16.0 Å². The zero-order chi connectivity index (χ0) is 11.5. The van der Waals surface area contributed by atoms with Crippen LogP contribution in [0.4, 0.5) is 16.1 Å². The van der Waals surface area contributed by atoms with Crippen molar-refractivity contribution in [1.82, 2.24) is 10.2 Å². The summed E-state index contributed by atoms with van der Waals surface area (Å²) in [7, 11) is 0. The lowest BCUT2D eigenvalue weighted by Crippen LogP contribution is -1.91. The summed E-state index contributed by atoms with van der Waals surface area (Å²) in [6.45, 7) is 0. The Bertz CT molecular complexity index is 505. The molecule has 1 N–H and O–H groups in total. The average molecular weight is 307 g/mol. The summed E-state index contributed by atoms with van der Waals surface area (Å²) in [5, 5.41) is 10.1. The first kappa shape index (κ1) is 11.3. The fourth-order valence-electron chi connectivity index (χ4n) is 1.06. The molecular formula is C9H6BrClFN3O. The lowest BCUT2D eigenvalue weighted by molar-refractivity contribution is 0.530. The van der Waals surface area contributed by atoms with Crippen molar-refractivity contribution in [3.8, 4) is 0 Å². The third-order valence-electron chi connectivity index (χ3n) is 1.75. The third-order valence-corrected chi connectivity index (χ3v) is 2.62. The smallest absolute Gasteiger partial charge is 0.320 e. The molecule has 4 nitrogen and oxygen atoms in total. The third kappa shape index (κ3) is 2.51. The molecule has 2 aromatic rings. The summed E-state index contributed by atoms with van der Waals surface area (Å²) >= 11 is 8.56. The zero-order valence-corrected chi connectivity index (χ0v) is 10.2. The van der Waals surface area contributed by atoms with Crippen LogP contribution in [0.5, 0.6) is 0 Å². The molecule has 0 bridgehead atoms. The standard InChI is InChI=1S/C9H6BrClFN3O/c10-6-2-1-5(3-7(6)12)13-9-15-14-8(4-11)16-9/h1-3H,4H2,(H,13,15). The summed E-state index contributed by atoms with van der Waals surface area (Å²) < 4.78 is 18.7. The topological polar surface area (TPSA) is 51.0 Å². The maximum atomic E-state index is 13.2. The van der Waals surface area contributed by atoms with Crippen LogP contribution in [0.25, 0.3) is 0 Å². The SMILES string of the molecule is Fc1cc(Nc2nnc(CCl)o2)ccc1Br. The number of nitrogens with one attached hydrogen (secondary N) is 1. The average Bonchev–Trinajstić information content (AvgIpc) is 2.71. The van der Waals surface area contributed by atoms with Crippen molar-refractivity contribution in [2.75, 3.05) is 5.32 Å². The molecule has 1 aromatic carbocycles. The molecule has 1 aromatic heterocycles. The zero-order valence-electron chi connectivity index (χ0n) is 7.88. The van der Waals surface area contributed by atoms with Gasteiger partial charge in [-0.3, -0.25) is 0 Å². The van der Waals surface area contributed by atoms with Crippen LogP contribution in [-0.2, 0) is 5.88 Å². The molecule has 0 saturated heterocycles. The molecule has 0 aliphatic heterocycles. The van der Waals surface area contributed by atoms with E-state index in [1.165, 1.54) is 6.07 Å². The van der Waals surface area contributed by atoms with Crippen LogP contribution in [0, 0.1) is 5.82 Å². The molecule has 0 aliphatic rings. The Balaban J connectivity index is 2.17. The Morgan fingerprint density at radius 2 is 2.25 bits per heavy atom. The molecule has 7 heteroatoms. The van der Waals surface area contributed by atoms with E-state index in [2.05, 4.69) is 31.4 Å². The quantitative estimate of drug-likeness (QED) is 0.882. The second kappa shape index (κ2) is 4.80. The van der Waals surface area contributed by atoms with E-state index < -0.39 is 0 Å². The molecule has 0 spiro atoms. The van der Waals surface area contributed by atoms with Crippen LogP contribution in [0.15, 0.2) is 27.1 Å². The van der Waals surface area contributed by atoms with E-state index in [0.29, 0.717) is 16.1 Å². The maximum absolute atomic E-state index is 13.2. The van der Waals surface area contributed by atoms with Crippen LogP contribution >= 0.6 is 27.5 Å². The highest BCUT2D eigenvalue weighted by Gasteiger charge is 2.06. The Kier molecular flexibility index (Phi) is 3.40. The molecule has 0 atom stereocenters. The monoisotopic (exact) mass is 305 g/mol. The van der Waals surface area contributed by atoms with Crippen molar-refractivity contribution in [3.63, 3.8) is 0 Å². The van der Waals surface area contributed by atoms with Gasteiger partial charge in [-0.15, -0.1) is 16.7 Å². The fourth-order valence-corrected chi connectivity index (χ4v) is 1.41. The molecule has 0 aliphatic carbocycles. The predicted octanol–water partition coefficient (Wildman–Crippen LogP) is 3.45. The van der Waals surface area contributed by atoms with Gasteiger partial charge in [0.15, 0.2) is 0 Å². The Hall–Kier alpha value is -1.14. The largest absolute Gasteiger partial charge is 0.407 e. The first-order valence-corrected chi connectivity index (χ1v) is 5.62. The van der Waals surface area contributed by atoms with Gasteiger partial charge in [0.1, 0.15) is 11.7 Å². The van der Waals surface area contributed by atoms with Crippen molar-refractivity contribution in [1.29, 1.82) is 0 Å². The minimum atomic E-state index is -0.373. The van der Waals surface area contributed by atoms with Crippen molar-refractivity contribution in [2.24, 2.45) is 0 Å². The van der Waals surface area contributed by atoms with E-state index >= 15 is 0 Å². The minimum absolute atomic E-state index is 0.142. The minimum Gasteiger partial charge on any atom is -0.407 e.